The molecule has 0 spiro atoms. The predicted octanol–water partition coefficient (Wildman–Crippen LogP) is 0.317. The molecule has 0 aliphatic carbocycles. The van der Waals surface area contributed by atoms with Crippen molar-refractivity contribution in [1.29, 1.82) is 0 Å². The molecular formula is C15H15N4O3-. The van der Waals surface area contributed by atoms with Crippen LogP contribution in [-0.4, -0.2) is 28.4 Å². The molecule has 7 nitrogen and oxygen atoms in total. The number of carbonyl (C=O) groups is 2. The van der Waals surface area contributed by atoms with Gasteiger partial charge >= 0.3 is 0 Å². The molecule has 1 aromatic carbocycles. The number of aliphatic carboxylic acids is 1. The van der Waals surface area contributed by atoms with Crippen molar-refractivity contribution in [3.05, 3.63) is 47.3 Å². The molecule has 0 bridgehead atoms. The molecule has 1 amide bonds. The number of carboxylic acids is 1. The Morgan fingerprint density at radius 1 is 1.09 bits per heavy atom. The first-order valence-corrected chi connectivity index (χ1v) is 6.61. The van der Waals surface area contributed by atoms with Crippen LogP contribution in [0.3, 0.4) is 0 Å². The number of nitrogens with one attached hydrogen (secondary N) is 2. The summed E-state index contributed by atoms with van der Waals surface area (Å²) in [5, 5.41) is 15.6. The average molecular weight is 299 g/mol. The van der Waals surface area contributed by atoms with E-state index in [1.807, 2.05) is 19.9 Å². The van der Waals surface area contributed by atoms with E-state index in [0.717, 1.165) is 17.1 Å². The molecule has 2 N–H and O–H groups in total. The third kappa shape index (κ3) is 4.27. The molecule has 1 aromatic heterocycles. The number of amides is 1. The summed E-state index contributed by atoms with van der Waals surface area (Å²) in [5.41, 5.74) is 2.79. The van der Waals surface area contributed by atoms with E-state index in [4.69, 9.17) is 0 Å². The van der Waals surface area contributed by atoms with Gasteiger partial charge in [-0.1, -0.05) is 0 Å². The summed E-state index contributed by atoms with van der Waals surface area (Å²) in [5.74, 6) is -1.33. The maximum atomic E-state index is 11.7. The lowest BCUT2D eigenvalue weighted by Gasteiger charge is -2.08. The second-order valence-corrected chi connectivity index (χ2v) is 4.73. The zero-order valence-electron chi connectivity index (χ0n) is 12.2. The molecule has 0 saturated heterocycles. The van der Waals surface area contributed by atoms with Gasteiger partial charge in [0.1, 0.15) is 0 Å². The summed E-state index contributed by atoms with van der Waals surface area (Å²) in [7, 11) is 0. The van der Waals surface area contributed by atoms with Gasteiger partial charge < -0.3 is 20.5 Å². The fourth-order valence-electron chi connectivity index (χ4n) is 1.87. The molecule has 0 aliphatic rings. The smallest absolute Gasteiger partial charge is 0.251 e. The van der Waals surface area contributed by atoms with Gasteiger partial charge in [0.15, 0.2) is 0 Å². The summed E-state index contributed by atoms with van der Waals surface area (Å²) in [6, 6.07) is 8.41. The normalized spacial score (nSPS) is 10.1. The molecular weight excluding hydrogens is 284 g/mol. The molecule has 0 saturated carbocycles. The average Bonchev–Trinajstić information content (AvgIpc) is 2.44. The number of benzene rings is 1. The van der Waals surface area contributed by atoms with Crippen molar-refractivity contribution in [1.82, 2.24) is 15.3 Å². The lowest BCUT2D eigenvalue weighted by atomic mass is 10.2. The SMILES string of the molecule is Cc1cc(C)nc(Nc2ccc(C(=O)NCC(=O)[O-])cc2)n1. The molecule has 2 aromatic rings. The van der Waals surface area contributed by atoms with Crippen molar-refractivity contribution >= 4 is 23.5 Å². The van der Waals surface area contributed by atoms with E-state index in [0.29, 0.717) is 11.5 Å². The summed E-state index contributed by atoms with van der Waals surface area (Å²) in [6.45, 7) is 3.24. The first kappa shape index (κ1) is 15.4. The van der Waals surface area contributed by atoms with Crippen LogP contribution in [0.1, 0.15) is 21.7 Å². The Bertz CT molecular complexity index is 678. The second-order valence-electron chi connectivity index (χ2n) is 4.73. The van der Waals surface area contributed by atoms with Gasteiger partial charge in [0.05, 0.1) is 12.5 Å². The van der Waals surface area contributed by atoms with E-state index in [1.54, 1.807) is 24.3 Å². The number of rotatable bonds is 5. The minimum Gasteiger partial charge on any atom is -0.548 e. The van der Waals surface area contributed by atoms with Crippen LogP contribution in [0.4, 0.5) is 11.6 Å². The number of hydrogen-bond acceptors (Lipinski definition) is 6. The third-order valence-electron chi connectivity index (χ3n) is 2.78. The molecule has 0 radical (unpaired) electrons. The maximum Gasteiger partial charge on any atom is 0.251 e. The Labute approximate surface area is 127 Å². The highest BCUT2D eigenvalue weighted by Gasteiger charge is 2.05. The first-order valence-electron chi connectivity index (χ1n) is 6.61. The zero-order valence-corrected chi connectivity index (χ0v) is 12.2. The summed E-state index contributed by atoms with van der Waals surface area (Å²) in [4.78, 5) is 30.5. The Balaban J connectivity index is 2.05. The number of anilines is 2. The fourth-order valence-corrected chi connectivity index (χ4v) is 1.87. The van der Waals surface area contributed by atoms with Crippen LogP contribution in [0.15, 0.2) is 30.3 Å². The van der Waals surface area contributed by atoms with Gasteiger partial charge in [-0.25, -0.2) is 9.97 Å². The van der Waals surface area contributed by atoms with Crippen LogP contribution >= 0.6 is 0 Å². The highest BCUT2D eigenvalue weighted by atomic mass is 16.4. The topological polar surface area (TPSA) is 107 Å². The van der Waals surface area contributed by atoms with Crippen molar-refractivity contribution in [3.63, 3.8) is 0 Å². The van der Waals surface area contributed by atoms with E-state index < -0.39 is 18.4 Å². The molecule has 7 heteroatoms. The molecule has 2 rings (SSSR count). The van der Waals surface area contributed by atoms with Gasteiger partial charge in [-0.15, -0.1) is 0 Å². The minimum absolute atomic E-state index is 0.355. The van der Waals surface area contributed by atoms with Gasteiger partial charge in [0.25, 0.3) is 5.91 Å². The highest BCUT2D eigenvalue weighted by molar-refractivity contribution is 5.95. The van der Waals surface area contributed by atoms with E-state index in [1.165, 1.54) is 0 Å². The van der Waals surface area contributed by atoms with Crippen molar-refractivity contribution in [2.24, 2.45) is 0 Å². The van der Waals surface area contributed by atoms with Crippen molar-refractivity contribution < 1.29 is 14.7 Å². The summed E-state index contributed by atoms with van der Waals surface area (Å²) < 4.78 is 0. The van der Waals surface area contributed by atoms with Gasteiger partial charge in [-0.3, -0.25) is 4.79 Å². The van der Waals surface area contributed by atoms with Gasteiger partial charge in [0, 0.05) is 22.6 Å². The standard InChI is InChI=1S/C15H16N4O3/c1-9-7-10(2)18-15(17-9)19-12-5-3-11(4-6-12)14(22)16-8-13(20)21/h3-7H,8H2,1-2H3,(H,16,22)(H,20,21)(H,17,18,19)/p-1. The second kappa shape index (κ2) is 6.66. The zero-order chi connectivity index (χ0) is 16.1. The van der Waals surface area contributed by atoms with Gasteiger partial charge in [-0.05, 0) is 44.2 Å². The summed E-state index contributed by atoms with van der Waals surface area (Å²) >= 11 is 0. The number of carbonyl (C=O) groups excluding carboxylic acids is 2. The van der Waals surface area contributed by atoms with E-state index in [-0.39, 0.29) is 0 Å². The summed E-state index contributed by atoms with van der Waals surface area (Å²) in [6.07, 6.45) is 0. The monoisotopic (exact) mass is 299 g/mol. The van der Waals surface area contributed by atoms with Crippen LogP contribution < -0.4 is 15.7 Å². The predicted molar refractivity (Wildman–Crippen MR) is 78.6 cm³/mol. The van der Waals surface area contributed by atoms with Crippen molar-refractivity contribution in [2.75, 3.05) is 11.9 Å². The lowest BCUT2D eigenvalue weighted by molar-refractivity contribution is -0.303. The first-order chi connectivity index (χ1) is 10.4. The van der Waals surface area contributed by atoms with Gasteiger partial charge in [-0.2, -0.15) is 0 Å². The molecule has 0 fully saturated rings. The quantitative estimate of drug-likeness (QED) is 0.823. The van der Waals surface area contributed by atoms with Crippen LogP contribution in [0.2, 0.25) is 0 Å². The number of aromatic nitrogens is 2. The largest absolute Gasteiger partial charge is 0.548 e. The van der Waals surface area contributed by atoms with Crippen molar-refractivity contribution in [3.8, 4) is 0 Å². The Morgan fingerprint density at radius 3 is 2.23 bits per heavy atom. The van der Waals surface area contributed by atoms with E-state index in [9.17, 15) is 14.7 Å². The maximum absolute atomic E-state index is 11.7. The van der Waals surface area contributed by atoms with Crippen LogP contribution in [0.25, 0.3) is 0 Å². The molecule has 0 unspecified atom stereocenters. The van der Waals surface area contributed by atoms with Crippen molar-refractivity contribution in [2.45, 2.75) is 13.8 Å². The Hall–Kier alpha value is -2.96. The molecule has 114 valence electrons. The van der Waals surface area contributed by atoms with Crippen LogP contribution in [0, 0.1) is 13.8 Å². The van der Waals surface area contributed by atoms with E-state index >= 15 is 0 Å². The van der Waals surface area contributed by atoms with Gasteiger partial charge in [0.2, 0.25) is 5.95 Å². The fraction of sp³-hybridized carbons (Fsp3) is 0.200. The Morgan fingerprint density at radius 2 is 1.68 bits per heavy atom. The number of hydrogen-bond donors (Lipinski definition) is 2. The molecule has 0 atom stereocenters. The molecule has 1 heterocycles. The minimum atomic E-state index is -1.33. The molecule has 22 heavy (non-hydrogen) atoms. The third-order valence-corrected chi connectivity index (χ3v) is 2.78. The highest BCUT2D eigenvalue weighted by Crippen LogP contribution is 2.14. The number of aryl methyl sites for hydroxylation is 2. The van der Waals surface area contributed by atoms with Crippen LogP contribution in [0.5, 0.6) is 0 Å². The van der Waals surface area contributed by atoms with Crippen LogP contribution in [-0.2, 0) is 4.79 Å². The Kier molecular flexibility index (Phi) is 4.67. The number of nitrogens with zero attached hydrogens (tertiary/aromatic N) is 2. The van der Waals surface area contributed by atoms with E-state index in [2.05, 4.69) is 20.6 Å². The lowest BCUT2D eigenvalue weighted by Crippen LogP contribution is -2.37. The molecule has 0 aliphatic heterocycles. The number of carboxylic acid groups (broad SMARTS) is 1.